The first-order valence-electron chi connectivity index (χ1n) is 8.21. The average Bonchev–Trinajstić information content (AvgIpc) is 2.67. The Hall–Kier alpha value is -3.14. The summed E-state index contributed by atoms with van der Waals surface area (Å²) >= 11 is 0. The van der Waals surface area contributed by atoms with Gasteiger partial charge in [0, 0.05) is 37.5 Å². The quantitative estimate of drug-likeness (QED) is 0.680. The predicted molar refractivity (Wildman–Crippen MR) is 97.9 cm³/mol. The van der Waals surface area contributed by atoms with Crippen molar-refractivity contribution in [2.45, 2.75) is 6.42 Å². The number of aromatic nitrogens is 1. The molecule has 4 nitrogen and oxygen atoms in total. The third-order valence-corrected chi connectivity index (χ3v) is 3.84. The highest BCUT2D eigenvalue weighted by Gasteiger charge is 2.12. The van der Waals surface area contributed by atoms with E-state index in [4.69, 9.17) is 4.74 Å². The van der Waals surface area contributed by atoms with E-state index in [0.717, 1.165) is 17.9 Å². The molecule has 0 saturated carbocycles. The second kappa shape index (κ2) is 8.11. The number of benzene rings is 2. The molecule has 0 saturated heterocycles. The molecule has 126 valence electrons. The molecule has 0 spiro atoms. The van der Waals surface area contributed by atoms with Gasteiger partial charge < -0.3 is 9.64 Å². The monoisotopic (exact) mass is 332 g/mol. The summed E-state index contributed by atoms with van der Waals surface area (Å²) in [6, 6.07) is 22.6. The van der Waals surface area contributed by atoms with Crippen LogP contribution >= 0.6 is 0 Å². The molecule has 4 heteroatoms. The van der Waals surface area contributed by atoms with Gasteiger partial charge in [-0.15, -0.1) is 0 Å². The van der Waals surface area contributed by atoms with Crippen molar-refractivity contribution in [2.24, 2.45) is 0 Å². The molecule has 0 N–H and O–H groups in total. The second-order valence-corrected chi connectivity index (χ2v) is 5.74. The van der Waals surface area contributed by atoms with Gasteiger partial charge in [0.1, 0.15) is 11.5 Å². The molecule has 3 rings (SSSR count). The first-order chi connectivity index (χ1) is 12.2. The van der Waals surface area contributed by atoms with Gasteiger partial charge in [-0.05, 0) is 42.5 Å². The number of carbonyl (C=O) groups excluding carboxylic acids is 1. The summed E-state index contributed by atoms with van der Waals surface area (Å²) in [5.74, 6) is 1.36. The molecular formula is C21H20N2O2. The van der Waals surface area contributed by atoms with Crippen LogP contribution in [0.4, 0.5) is 0 Å². The normalized spacial score (nSPS) is 10.3. The molecule has 1 heterocycles. The molecule has 0 aliphatic rings. The maximum atomic E-state index is 12.6. The van der Waals surface area contributed by atoms with Gasteiger partial charge in [0.05, 0.1) is 0 Å². The number of rotatable bonds is 6. The fraction of sp³-hybridized carbons (Fsp3) is 0.143. The summed E-state index contributed by atoms with van der Waals surface area (Å²) in [6.07, 6.45) is 2.49. The van der Waals surface area contributed by atoms with Crippen LogP contribution in [0.25, 0.3) is 0 Å². The summed E-state index contributed by atoms with van der Waals surface area (Å²) in [5, 5.41) is 0. The van der Waals surface area contributed by atoms with Crippen LogP contribution in [0.3, 0.4) is 0 Å². The smallest absolute Gasteiger partial charge is 0.253 e. The highest BCUT2D eigenvalue weighted by molar-refractivity contribution is 5.94. The van der Waals surface area contributed by atoms with Crippen LogP contribution in [0.5, 0.6) is 11.5 Å². The molecule has 25 heavy (non-hydrogen) atoms. The molecular weight excluding hydrogens is 312 g/mol. The van der Waals surface area contributed by atoms with Crippen molar-refractivity contribution in [3.05, 3.63) is 90.3 Å². The summed E-state index contributed by atoms with van der Waals surface area (Å²) in [7, 11) is 1.80. The molecule has 1 aromatic heterocycles. The Bertz CT molecular complexity index is 820. The van der Waals surface area contributed by atoms with E-state index in [0.29, 0.717) is 17.9 Å². The summed E-state index contributed by atoms with van der Waals surface area (Å²) in [5.41, 5.74) is 1.58. The topological polar surface area (TPSA) is 42.4 Å². The molecule has 0 bridgehead atoms. The summed E-state index contributed by atoms with van der Waals surface area (Å²) in [6.45, 7) is 0.611. The van der Waals surface area contributed by atoms with Crippen LogP contribution in [0, 0.1) is 0 Å². The number of hydrogen-bond acceptors (Lipinski definition) is 3. The first-order valence-corrected chi connectivity index (χ1v) is 8.21. The van der Waals surface area contributed by atoms with Gasteiger partial charge >= 0.3 is 0 Å². The minimum absolute atomic E-state index is 0.0329. The van der Waals surface area contributed by atoms with E-state index in [2.05, 4.69) is 4.98 Å². The van der Waals surface area contributed by atoms with Crippen LogP contribution in [-0.2, 0) is 6.42 Å². The largest absolute Gasteiger partial charge is 0.457 e. The number of likely N-dealkylation sites (N-methyl/N-ethyl adjacent to an activating group) is 1. The number of pyridine rings is 1. The molecule has 0 unspecified atom stereocenters. The minimum Gasteiger partial charge on any atom is -0.457 e. The lowest BCUT2D eigenvalue weighted by molar-refractivity contribution is 0.0796. The fourth-order valence-corrected chi connectivity index (χ4v) is 2.47. The summed E-state index contributed by atoms with van der Waals surface area (Å²) in [4.78, 5) is 18.6. The lowest BCUT2D eigenvalue weighted by Gasteiger charge is -2.17. The van der Waals surface area contributed by atoms with Crippen molar-refractivity contribution in [2.75, 3.05) is 13.6 Å². The third-order valence-electron chi connectivity index (χ3n) is 3.84. The first kappa shape index (κ1) is 16.7. The SMILES string of the molecule is CN(CCc1ccccn1)C(=O)c1cccc(Oc2ccccc2)c1. The van der Waals surface area contributed by atoms with Gasteiger partial charge in [0.15, 0.2) is 0 Å². The number of amides is 1. The maximum absolute atomic E-state index is 12.6. The van der Waals surface area contributed by atoms with Crippen LogP contribution in [0.1, 0.15) is 16.1 Å². The molecule has 3 aromatic rings. The van der Waals surface area contributed by atoms with Gasteiger partial charge in [0.25, 0.3) is 5.91 Å². The molecule has 0 aliphatic heterocycles. The van der Waals surface area contributed by atoms with Gasteiger partial charge in [-0.1, -0.05) is 30.3 Å². The lowest BCUT2D eigenvalue weighted by atomic mass is 10.2. The summed E-state index contributed by atoms with van der Waals surface area (Å²) < 4.78 is 5.80. The minimum atomic E-state index is -0.0329. The fourth-order valence-electron chi connectivity index (χ4n) is 2.47. The van der Waals surface area contributed by atoms with Gasteiger partial charge in [0.2, 0.25) is 0 Å². The average molecular weight is 332 g/mol. The number of hydrogen-bond donors (Lipinski definition) is 0. The van der Waals surface area contributed by atoms with E-state index in [1.807, 2.05) is 60.7 Å². The Balaban J connectivity index is 1.64. The maximum Gasteiger partial charge on any atom is 0.253 e. The third kappa shape index (κ3) is 4.67. The van der Waals surface area contributed by atoms with Crippen molar-refractivity contribution >= 4 is 5.91 Å². The van der Waals surface area contributed by atoms with E-state index in [1.165, 1.54) is 0 Å². The standard InChI is InChI=1S/C21H20N2O2/c1-23(15-13-18-9-5-6-14-22-18)21(24)17-8-7-12-20(16-17)25-19-10-3-2-4-11-19/h2-12,14,16H,13,15H2,1H3. The molecule has 0 radical (unpaired) electrons. The second-order valence-electron chi connectivity index (χ2n) is 5.74. The van der Waals surface area contributed by atoms with E-state index < -0.39 is 0 Å². The molecule has 1 amide bonds. The van der Waals surface area contributed by atoms with Gasteiger partial charge in [-0.2, -0.15) is 0 Å². The number of ether oxygens (including phenoxy) is 1. The number of carbonyl (C=O) groups is 1. The Morgan fingerprint density at radius 2 is 1.72 bits per heavy atom. The predicted octanol–water partition coefficient (Wildman–Crippen LogP) is 4.19. The number of nitrogens with zero attached hydrogens (tertiary/aromatic N) is 2. The molecule has 0 fully saturated rings. The molecule has 2 aromatic carbocycles. The van der Waals surface area contributed by atoms with E-state index in [1.54, 1.807) is 30.3 Å². The van der Waals surface area contributed by atoms with Crippen molar-refractivity contribution in [3.8, 4) is 11.5 Å². The van der Waals surface area contributed by atoms with E-state index in [-0.39, 0.29) is 5.91 Å². The number of para-hydroxylation sites is 1. The Labute approximate surface area is 147 Å². The Morgan fingerprint density at radius 1 is 0.960 bits per heavy atom. The van der Waals surface area contributed by atoms with Crippen molar-refractivity contribution < 1.29 is 9.53 Å². The Morgan fingerprint density at radius 3 is 2.48 bits per heavy atom. The zero-order chi connectivity index (χ0) is 17.5. The van der Waals surface area contributed by atoms with Crippen LogP contribution in [0.15, 0.2) is 79.0 Å². The van der Waals surface area contributed by atoms with Crippen molar-refractivity contribution in [1.82, 2.24) is 9.88 Å². The van der Waals surface area contributed by atoms with Crippen LogP contribution in [-0.4, -0.2) is 29.4 Å². The zero-order valence-corrected chi connectivity index (χ0v) is 14.1. The molecule has 0 aliphatic carbocycles. The lowest BCUT2D eigenvalue weighted by Crippen LogP contribution is -2.29. The highest BCUT2D eigenvalue weighted by Crippen LogP contribution is 2.22. The van der Waals surface area contributed by atoms with Gasteiger partial charge in [-0.3, -0.25) is 9.78 Å². The van der Waals surface area contributed by atoms with E-state index >= 15 is 0 Å². The zero-order valence-electron chi connectivity index (χ0n) is 14.1. The van der Waals surface area contributed by atoms with Crippen molar-refractivity contribution in [1.29, 1.82) is 0 Å². The van der Waals surface area contributed by atoms with Crippen LogP contribution in [0.2, 0.25) is 0 Å². The van der Waals surface area contributed by atoms with Crippen LogP contribution < -0.4 is 4.74 Å². The van der Waals surface area contributed by atoms with Gasteiger partial charge in [-0.25, -0.2) is 0 Å². The van der Waals surface area contributed by atoms with Crippen molar-refractivity contribution in [3.63, 3.8) is 0 Å². The van der Waals surface area contributed by atoms with E-state index in [9.17, 15) is 4.79 Å². The Kier molecular flexibility index (Phi) is 5.42. The molecule has 0 atom stereocenters. The highest BCUT2D eigenvalue weighted by atomic mass is 16.5.